The Morgan fingerprint density at radius 2 is 2.07 bits per heavy atom. The van der Waals surface area contributed by atoms with Crippen molar-refractivity contribution in [1.29, 1.82) is 0 Å². The van der Waals surface area contributed by atoms with Crippen molar-refractivity contribution < 1.29 is 23.0 Å². The molecular weight excluding hydrogens is 406 g/mol. The number of hydrogen-bond acceptors (Lipinski definition) is 5. The molecule has 1 aliphatic heterocycles. The number of carbonyl (C=O) groups excluding carboxylic acids is 1. The second-order valence-corrected chi connectivity index (χ2v) is 6.76. The van der Waals surface area contributed by atoms with Crippen LogP contribution in [0.2, 0.25) is 0 Å². The van der Waals surface area contributed by atoms with Crippen LogP contribution in [0.25, 0.3) is 0 Å². The number of ether oxygens (including phenoxy) is 2. The van der Waals surface area contributed by atoms with E-state index < -0.39 is 12.2 Å². The van der Waals surface area contributed by atoms with Gasteiger partial charge in [-0.2, -0.15) is 13.9 Å². The molecule has 1 aromatic carbocycles. The zero-order valence-corrected chi connectivity index (χ0v) is 17.1. The van der Waals surface area contributed by atoms with E-state index in [2.05, 4.69) is 15.2 Å². The van der Waals surface area contributed by atoms with Gasteiger partial charge >= 0.3 is 6.61 Å². The Morgan fingerprint density at radius 3 is 2.66 bits per heavy atom. The van der Waals surface area contributed by atoms with Crippen molar-refractivity contribution in [3.63, 3.8) is 0 Å². The molecule has 0 unspecified atom stereocenters. The zero-order valence-electron chi connectivity index (χ0n) is 16.3. The highest BCUT2D eigenvalue weighted by atomic mass is 35.5. The summed E-state index contributed by atoms with van der Waals surface area (Å²) in [5.41, 5.74) is -0.0880. The summed E-state index contributed by atoms with van der Waals surface area (Å²) in [6.45, 7) is -1.27. The topological polar surface area (TPSA) is 68.6 Å². The molecule has 2 aromatic rings. The van der Waals surface area contributed by atoms with Crippen LogP contribution in [-0.4, -0.2) is 54.4 Å². The van der Waals surface area contributed by atoms with E-state index in [1.54, 1.807) is 47.2 Å². The Labute approximate surface area is 174 Å². The average molecular weight is 431 g/mol. The fraction of sp³-hybridized carbons (Fsp3) is 0.474. The summed E-state index contributed by atoms with van der Waals surface area (Å²) in [7, 11) is 3.08. The maximum Gasteiger partial charge on any atom is 0.387 e. The van der Waals surface area contributed by atoms with E-state index in [4.69, 9.17) is 4.74 Å². The SMILES string of the molecule is COc1ccc(CN(C)C(=O)C2(n3cccn3)CCNCC2)cc1OC(F)F.Cl. The highest BCUT2D eigenvalue weighted by molar-refractivity contribution is 5.85. The summed E-state index contributed by atoms with van der Waals surface area (Å²) in [6, 6.07) is 6.55. The van der Waals surface area contributed by atoms with E-state index in [9.17, 15) is 13.6 Å². The molecule has 0 atom stereocenters. The Kier molecular flexibility index (Phi) is 7.80. The van der Waals surface area contributed by atoms with Gasteiger partial charge in [0.1, 0.15) is 5.54 Å². The molecule has 1 fully saturated rings. The molecule has 0 radical (unpaired) electrons. The number of likely N-dealkylation sites (N-methyl/N-ethyl adjacent to an activating group) is 1. The second-order valence-electron chi connectivity index (χ2n) is 6.76. The third-order valence-electron chi connectivity index (χ3n) is 4.98. The van der Waals surface area contributed by atoms with Gasteiger partial charge in [0.25, 0.3) is 5.91 Å². The lowest BCUT2D eigenvalue weighted by molar-refractivity contribution is -0.142. The quantitative estimate of drug-likeness (QED) is 0.731. The first-order chi connectivity index (χ1) is 13.5. The van der Waals surface area contributed by atoms with Gasteiger partial charge in [-0.1, -0.05) is 6.07 Å². The number of nitrogens with one attached hydrogen (secondary N) is 1. The van der Waals surface area contributed by atoms with E-state index >= 15 is 0 Å². The normalized spacial score (nSPS) is 15.5. The maximum absolute atomic E-state index is 13.4. The second kappa shape index (κ2) is 9.89. The number of benzene rings is 1. The van der Waals surface area contributed by atoms with Crippen molar-refractivity contribution in [2.24, 2.45) is 0 Å². The predicted molar refractivity (Wildman–Crippen MR) is 106 cm³/mol. The van der Waals surface area contributed by atoms with Gasteiger partial charge in [-0.15, -0.1) is 12.4 Å². The average Bonchev–Trinajstić information content (AvgIpc) is 3.23. The first-order valence-corrected chi connectivity index (χ1v) is 9.04. The van der Waals surface area contributed by atoms with Crippen molar-refractivity contribution in [3.8, 4) is 11.5 Å². The molecule has 7 nitrogen and oxygen atoms in total. The largest absolute Gasteiger partial charge is 0.493 e. The molecule has 1 saturated heterocycles. The number of amides is 1. The first kappa shape index (κ1) is 22.9. The van der Waals surface area contributed by atoms with Gasteiger partial charge in [0.05, 0.1) is 7.11 Å². The van der Waals surface area contributed by atoms with Crippen molar-refractivity contribution >= 4 is 18.3 Å². The van der Waals surface area contributed by atoms with Gasteiger partial charge in [-0.3, -0.25) is 9.48 Å². The fourth-order valence-electron chi connectivity index (χ4n) is 3.61. The van der Waals surface area contributed by atoms with Crippen LogP contribution in [0.1, 0.15) is 18.4 Å². The number of aromatic nitrogens is 2. The predicted octanol–water partition coefficient (Wildman–Crippen LogP) is 2.65. The number of alkyl halides is 2. The third-order valence-corrected chi connectivity index (χ3v) is 4.98. The lowest BCUT2D eigenvalue weighted by atomic mass is 9.86. The summed E-state index contributed by atoms with van der Waals surface area (Å²) in [5, 5.41) is 7.58. The Hall–Kier alpha value is -2.39. The molecule has 1 amide bonds. The summed E-state index contributed by atoms with van der Waals surface area (Å²) in [4.78, 5) is 15.0. The van der Waals surface area contributed by atoms with Crippen LogP contribution in [0.15, 0.2) is 36.7 Å². The number of nitrogens with zero attached hydrogens (tertiary/aromatic N) is 3. The molecule has 0 spiro atoms. The van der Waals surface area contributed by atoms with Crippen molar-refractivity contribution in [3.05, 3.63) is 42.2 Å². The minimum absolute atomic E-state index is 0. The Bertz CT molecular complexity index is 799. The minimum Gasteiger partial charge on any atom is -0.493 e. The summed E-state index contributed by atoms with van der Waals surface area (Å²) in [5.74, 6) is 0.0914. The van der Waals surface area contributed by atoms with Crippen LogP contribution in [0, 0.1) is 0 Å². The van der Waals surface area contributed by atoms with Gasteiger partial charge in [0.15, 0.2) is 11.5 Å². The molecule has 0 bridgehead atoms. The minimum atomic E-state index is -2.96. The first-order valence-electron chi connectivity index (χ1n) is 9.04. The molecule has 0 aliphatic carbocycles. The third kappa shape index (κ3) is 4.97. The van der Waals surface area contributed by atoms with Crippen LogP contribution >= 0.6 is 12.4 Å². The summed E-state index contributed by atoms with van der Waals surface area (Å²) >= 11 is 0. The fourth-order valence-corrected chi connectivity index (χ4v) is 3.61. The van der Waals surface area contributed by atoms with Gasteiger partial charge in [-0.05, 0) is 49.7 Å². The molecule has 2 heterocycles. The number of piperidine rings is 1. The number of halogens is 3. The van der Waals surface area contributed by atoms with Crippen LogP contribution in [0.5, 0.6) is 11.5 Å². The van der Waals surface area contributed by atoms with Crippen molar-refractivity contribution in [1.82, 2.24) is 20.0 Å². The van der Waals surface area contributed by atoms with Crippen LogP contribution < -0.4 is 14.8 Å². The molecule has 3 rings (SSSR count). The molecule has 1 N–H and O–H groups in total. The Morgan fingerprint density at radius 1 is 1.34 bits per heavy atom. The number of rotatable bonds is 7. The molecule has 0 saturated carbocycles. The standard InChI is InChI=1S/C19H24F2N4O3.ClH/c1-24(13-14-4-5-15(27-2)16(12-14)28-18(20)21)17(26)19(6-9-22-10-7-19)25-11-3-8-23-25;/h3-5,8,11-12,18,22H,6-7,9-10,13H2,1-2H3;1H. The lowest BCUT2D eigenvalue weighted by Crippen LogP contribution is -2.54. The van der Waals surface area contributed by atoms with Gasteiger partial charge in [-0.25, -0.2) is 0 Å². The lowest BCUT2D eigenvalue weighted by Gasteiger charge is -2.39. The van der Waals surface area contributed by atoms with Crippen molar-refractivity contribution in [2.45, 2.75) is 31.5 Å². The summed E-state index contributed by atoms with van der Waals surface area (Å²) in [6.07, 6.45) is 4.72. The number of methoxy groups -OCH3 is 1. The van der Waals surface area contributed by atoms with Crippen molar-refractivity contribution in [2.75, 3.05) is 27.2 Å². The van der Waals surface area contributed by atoms with E-state index in [1.807, 2.05) is 0 Å². The Balaban J connectivity index is 0.00000300. The van der Waals surface area contributed by atoms with E-state index in [1.165, 1.54) is 13.2 Å². The summed E-state index contributed by atoms with van der Waals surface area (Å²) < 4.78 is 36.6. The van der Waals surface area contributed by atoms with Crippen LogP contribution in [0.4, 0.5) is 8.78 Å². The molecule has 1 aliphatic rings. The number of carbonyl (C=O) groups is 1. The highest BCUT2D eigenvalue weighted by Crippen LogP contribution is 2.32. The molecule has 160 valence electrons. The number of hydrogen-bond donors (Lipinski definition) is 1. The highest BCUT2D eigenvalue weighted by Gasteiger charge is 2.43. The maximum atomic E-state index is 13.4. The smallest absolute Gasteiger partial charge is 0.387 e. The zero-order chi connectivity index (χ0) is 20.1. The van der Waals surface area contributed by atoms with Gasteiger partial charge in [0, 0.05) is 26.0 Å². The van der Waals surface area contributed by atoms with Crippen LogP contribution in [-0.2, 0) is 16.9 Å². The molecular formula is C19H25ClF2N4O3. The molecule has 10 heteroatoms. The van der Waals surface area contributed by atoms with E-state index in [0.717, 1.165) is 0 Å². The van der Waals surface area contributed by atoms with Gasteiger partial charge in [0.2, 0.25) is 0 Å². The van der Waals surface area contributed by atoms with Crippen LogP contribution in [0.3, 0.4) is 0 Å². The van der Waals surface area contributed by atoms with E-state index in [-0.39, 0.29) is 36.4 Å². The monoisotopic (exact) mass is 430 g/mol. The van der Waals surface area contributed by atoms with Gasteiger partial charge < -0.3 is 19.7 Å². The van der Waals surface area contributed by atoms with E-state index in [0.29, 0.717) is 31.5 Å². The molecule has 29 heavy (non-hydrogen) atoms. The molecule has 1 aromatic heterocycles.